The van der Waals surface area contributed by atoms with E-state index in [9.17, 15) is 4.57 Å². The number of hydrogen-bond acceptors (Lipinski definition) is 2. The van der Waals surface area contributed by atoms with Crippen molar-refractivity contribution in [3.05, 3.63) is 6.29 Å². The fraction of sp³-hybridized carbons (Fsp3) is 0.500. The Morgan fingerprint density at radius 1 is 1.71 bits per heavy atom. The molecule has 7 heavy (non-hydrogen) atoms. The van der Waals surface area contributed by atoms with E-state index in [0.29, 0.717) is 0 Å². The minimum atomic E-state index is -3.90. The molecule has 0 aliphatic carbocycles. The van der Waals surface area contributed by atoms with Gasteiger partial charge in [-0.1, -0.05) is 0 Å². The maximum absolute atomic E-state index is 9.81. The molecular weight excluding hydrogens is 117 g/mol. The van der Waals surface area contributed by atoms with Crippen LogP contribution in [0.2, 0.25) is 0 Å². The Kier molecular flexibility index (Phi) is 2.46. The van der Waals surface area contributed by atoms with E-state index in [4.69, 9.17) is 9.79 Å². The van der Waals surface area contributed by atoms with E-state index in [1.807, 2.05) is 0 Å². The van der Waals surface area contributed by atoms with E-state index in [2.05, 4.69) is 5.32 Å². The van der Waals surface area contributed by atoms with Gasteiger partial charge in [-0.05, 0) is 7.05 Å². The molecule has 0 aromatic rings. The summed E-state index contributed by atoms with van der Waals surface area (Å²) in [5.74, 6) is 0. The zero-order chi connectivity index (χ0) is 5.91. The molecular formula is C2H7NO3P. The van der Waals surface area contributed by atoms with Gasteiger partial charge in [0.1, 0.15) is 6.29 Å². The van der Waals surface area contributed by atoms with Crippen LogP contribution in [-0.4, -0.2) is 16.8 Å². The molecule has 0 spiro atoms. The lowest BCUT2D eigenvalue weighted by Crippen LogP contribution is -2.00. The normalized spacial score (nSPS) is 11.9. The first-order valence-electron chi connectivity index (χ1n) is 1.63. The van der Waals surface area contributed by atoms with Crippen molar-refractivity contribution in [3.63, 3.8) is 0 Å². The average molecular weight is 124 g/mol. The van der Waals surface area contributed by atoms with Crippen LogP contribution in [0.3, 0.4) is 0 Å². The first-order valence-corrected chi connectivity index (χ1v) is 3.31. The molecule has 0 unspecified atom stereocenters. The highest BCUT2D eigenvalue weighted by Crippen LogP contribution is 2.35. The molecule has 0 fully saturated rings. The van der Waals surface area contributed by atoms with Crippen LogP contribution in [0.1, 0.15) is 0 Å². The molecule has 0 saturated carbocycles. The van der Waals surface area contributed by atoms with Gasteiger partial charge in [0.15, 0.2) is 0 Å². The highest BCUT2D eigenvalue weighted by atomic mass is 31.2. The SMILES string of the molecule is CN[CH]P(=O)(O)O. The van der Waals surface area contributed by atoms with Gasteiger partial charge >= 0.3 is 7.60 Å². The lowest BCUT2D eigenvalue weighted by molar-refractivity contribution is 0.378. The summed E-state index contributed by atoms with van der Waals surface area (Å²) in [6.45, 7) is 0. The molecule has 0 heterocycles. The topological polar surface area (TPSA) is 69.6 Å². The molecule has 1 radical (unpaired) electrons. The molecule has 0 atom stereocenters. The zero-order valence-electron chi connectivity index (χ0n) is 3.83. The van der Waals surface area contributed by atoms with Crippen molar-refractivity contribution in [2.75, 3.05) is 7.05 Å². The second kappa shape index (κ2) is 2.43. The molecule has 0 bridgehead atoms. The third-order valence-electron chi connectivity index (χ3n) is 0.297. The van der Waals surface area contributed by atoms with Gasteiger partial charge in [0.2, 0.25) is 0 Å². The first kappa shape index (κ1) is 7.11. The Labute approximate surface area is 41.7 Å². The summed E-state index contributed by atoms with van der Waals surface area (Å²) in [5, 5.41) is 2.22. The summed E-state index contributed by atoms with van der Waals surface area (Å²) in [7, 11) is -2.47. The minimum absolute atomic E-state index is 0.729. The summed E-state index contributed by atoms with van der Waals surface area (Å²) in [6, 6.07) is 0. The van der Waals surface area contributed by atoms with Crippen LogP contribution in [0.4, 0.5) is 0 Å². The van der Waals surface area contributed by atoms with Crippen molar-refractivity contribution in [3.8, 4) is 0 Å². The smallest absolute Gasteiger partial charge is 0.323 e. The van der Waals surface area contributed by atoms with E-state index in [0.717, 1.165) is 6.29 Å². The van der Waals surface area contributed by atoms with Crippen LogP contribution in [0.5, 0.6) is 0 Å². The quantitative estimate of drug-likeness (QED) is 0.434. The lowest BCUT2D eigenvalue weighted by atomic mass is 11.3. The van der Waals surface area contributed by atoms with Gasteiger partial charge in [0.05, 0.1) is 0 Å². The molecule has 0 rings (SSSR count). The zero-order valence-corrected chi connectivity index (χ0v) is 4.72. The first-order chi connectivity index (χ1) is 3.06. The summed E-state index contributed by atoms with van der Waals surface area (Å²) < 4.78 is 9.81. The molecule has 0 aromatic carbocycles. The van der Waals surface area contributed by atoms with Crippen LogP contribution in [0, 0.1) is 6.29 Å². The fourth-order valence-corrected chi connectivity index (χ4v) is 0.505. The third kappa shape index (κ3) is 6.11. The number of nitrogens with one attached hydrogen (secondary N) is 1. The Bertz CT molecular complexity index is 86.9. The van der Waals surface area contributed by atoms with Crippen molar-refractivity contribution < 1.29 is 14.4 Å². The number of rotatable bonds is 2. The summed E-state index contributed by atoms with van der Waals surface area (Å²) in [5.41, 5.74) is 0. The van der Waals surface area contributed by atoms with Crippen LogP contribution in [0.25, 0.3) is 0 Å². The van der Waals surface area contributed by atoms with Crippen molar-refractivity contribution in [2.24, 2.45) is 0 Å². The highest BCUT2D eigenvalue weighted by molar-refractivity contribution is 7.54. The van der Waals surface area contributed by atoms with E-state index in [1.165, 1.54) is 7.05 Å². The Morgan fingerprint density at radius 3 is 2.14 bits per heavy atom. The highest BCUT2D eigenvalue weighted by Gasteiger charge is 2.09. The largest absolute Gasteiger partial charge is 0.344 e. The molecule has 4 nitrogen and oxygen atoms in total. The minimum Gasteiger partial charge on any atom is -0.323 e. The van der Waals surface area contributed by atoms with Gasteiger partial charge in [0, 0.05) is 0 Å². The van der Waals surface area contributed by atoms with Crippen molar-refractivity contribution in [2.45, 2.75) is 0 Å². The van der Waals surface area contributed by atoms with Gasteiger partial charge in [0.25, 0.3) is 0 Å². The van der Waals surface area contributed by atoms with E-state index >= 15 is 0 Å². The number of hydrogen-bond donors (Lipinski definition) is 3. The molecule has 0 saturated heterocycles. The predicted octanol–water partition coefficient (Wildman–Crippen LogP) is -0.497. The Balaban J connectivity index is 3.36. The van der Waals surface area contributed by atoms with E-state index in [-0.39, 0.29) is 0 Å². The van der Waals surface area contributed by atoms with E-state index < -0.39 is 7.60 Å². The monoisotopic (exact) mass is 124 g/mol. The maximum atomic E-state index is 9.81. The van der Waals surface area contributed by atoms with E-state index in [1.54, 1.807) is 0 Å². The van der Waals surface area contributed by atoms with Crippen LogP contribution in [-0.2, 0) is 4.57 Å². The van der Waals surface area contributed by atoms with Gasteiger partial charge in [-0.25, -0.2) is 0 Å². The second-order valence-corrected chi connectivity index (χ2v) is 2.44. The standard InChI is InChI=1S/C2H7NO3P/c1-3-2-7(4,5)6/h2-3H,1H3,(H2,4,5,6). The van der Waals surface area contributed by atoms with Crippen LogP contribution in [0.15, 0.2) is 0 Å². The molecule has 43 valence electrons. The molecule has 3 N–H and O–H groups in total. The van der Waals surface area contributed by atoms with Crippen molar-refractivity contribution in [1.82, 2.24) is 5.32 Å². The second-order valence-electron chi connectivity index (χ2n) is 1.01. The fourth-order valence-electron chi connectivity index (χ4n) is 0.168. The van der Waals surface area contributed by atoms with Crippen molar-refractivity contribution in [1.29, 1.82) is 0 Å². The third-order valence-corrected chi connectivity index (χ3v) is 0.892. The average Bonchev–Trinajstić information content (AvgIpc) is 1.30. The van der Waals surface area contributed by atoms with Gasteiger partial charge in [-0.2, -0.15) is 0 Å². The summed E-state index contributed by atoms with van der Waals surface area (Å²) in [4.78, 5) is 16.0. The Hall–Kier alpha value is 0.110. The van der Waals surface area contributed by atoms with Crippen LogP contribution < -0.4 is 5.32 Å². The molecule has 5 heteroatoms. The molecule has 0 amide bonds. The molecule has 0 aliphatic heterocycles. The lowest BCUT2D eigenvalue weighted by Gasteiger charge is -1.97. The summed E-state index contributed by atoms with van der Waals surface area (Å²) in [6.07, 6.45) is 0.729. The van der Waals surface area contributed by atoms with Crippen molar-refractivity contribution >= 4 is 7.60 Å². The molecule has 0 aromatic heterocycles. The van der Waals surface area contributed by atoms with Gasteiger partial charge < -0.3 is 15.1 Å². The maximum Gasteiger partial charge on any atom is 0.344 e. The predicted molar refractivity (Wildman–Crippen MR) is 25.4 cm³/mol. The molecule has 0 aliphatic rings. The summed E-state index contributed by atoms with van der Waals surface area (Å²) >= 11 is 0. The Morgan fingerprint density at radius 2 is 2.14 bits per heavy atom. The van der Waals surface area contributed by atoms with Crippen LogP contribution >= 0.6 is 7.60 Å². The van der Waals surface area contributed by atoms with Gasteiger partial charge in [-0.3, -0.25) is 4.57 Å². The van der Waals surface area contributed by atoms with Gasteiger partial charge in [-0.15, -0.1) is 0 Å².